The van der Waals surface area contributed by atoms with E-state index >= 15 is 0 Å². The number of thiophene rings is 1. The lowest BCUT2D eigenvalue weighted by Crippen LogP contribution is -2.03. The number of aromatic nitrogens is 5. The Kier molecular flexibility index (Phi) is 8.23. The number of para-hydroxylation sites is 4. The van der Waals surface area contributed by atoms with Crippen molar-refractivity contribution in [1.82, 2.24) is 24.1 Å². The monoisotopic (exact) mass is 935 g/mol. The van der Waals surface area contributed by atoms with Gasteiger partial charge in [-0.05, 0) is 94.3 Å². The smallest absolute Gasteiger partial charge is 0.166 e. The van der Waals surface area contributed by atoms with Gasteiger partial charge in [0.05, 0.1) is 27.8 Å². The van der Waals surface area contributed by atoms with Crippen LogP contribution in [0.1, 0.15) is 0 Å². The van der Waals surface area contributed by atoms with Crippen molar-refractivity contribution in [3.63, 3.8) is 0 Å². The highest BCUT2D eigenvalue weighted by Gasteiger charge is 2.25. The third-order valence-electron chi connectivity index (χ3n) is 14.7. The second kappa shape index (κ2) is 15.0. The van der Waals surface area contributed by atoms with Crippen molar-refractivity contribution in [2.75, 3.05) is 0 Å². The van der Waals surface area contributed by atoms with Crippen LogP contribution in [0.25, 0.3) is 153 Å². The maximum absolute atomic E-state index is 7.05. The molecule has 0 amide bonds. The molecule has 5 aromatic heterocycles. The van der Waals surface area contributed by atoms with E-state index in [1.807, 2.05) is 0 Å². The van der Waals surface area contributed by atoms with Gasteiger partial charge in [-0.1, -0.05) is 146 Å². The molecule has 5 heterocycles. The van der Waals surface area contributed by atoms with Crippen LogP contribution in [0, 0.1) is 0 Å². The van der Waals surface area contributed by atoms with Gasteiger partial charge in [0.15, 0.2) is 17.5 Å². The Hall–Kier alpha value is -9.43. The molecule has 0 unspecified atom stereocenters. The van der Waals surface area contributed by atoms with Gasteiger partial charge in [-0.15, -0.1) is 11.3 Å². The average Bonchev–Trinajstić information content (AvgIpc) is 4.19. The van der Waals surface area contributed by atoms with Gasteiger partial charge in [0.2, 0.25) is 0 Å². The SMILES string of the molecule is c1ccc(-n2c3ccccc3c3cccc(-c4nc(-c5cccc6c5sc5ccccc56)nc(-c5cc(-n6c7ccccc7c7cc8ccccc8cc76)cc6oc7cc8ccccc8cc7c56)n4)c32)cc1. The normalized spacial score (nSPS) is 12.2. The number of fused-ring (bicyclic) bond motifs is 14. The Morgan fingerprint density at radius 3 is 1.65 bits per heavy atom. The number of benzene rings is 11. The number of rotatable bonds is 5. The predicted octanol–water partition coefficient (Wildman–Crippen LogP) is 17.6. The summed E-state index contributed by atoms with van der Waals surface area (Å²) < 4.78 is 14.1. The largest absolute Gasteiger partial charge is 0.456 e. The maximum atomic E-state index is 7.05. The van der Waals surface area contributed by atoms with Gasteiger partial charge in [-0.2, -0.15) is 0 Å². The fourth-order valence-corrected chi connectivity index (χ4v) is 12.7. The van der Waals surface area contributed by atoms with Crippen molar-refractivity contribution >= 4 is 119 Å². The van der Waals surface area contributed by atoms with Crippen molar-refractivity contribution in [3.05, 3.63) is 224 Å². The quantitative estimate of drug-likeness (QED) is 0.172. The van der Waals surface area contributed by atoms with Crippen molar-refractivity contribution in [1.29, 1.82) is 0 Å². The van der Waals surface area contributed by atoms with E-state index in [2.05, 4.69) is 234 Å². The van der Waals surface area contributed by atoms with E-state index in [-0.39, 0.29) is 0 Å². The molecule has 0 bridgehead atoms. The number of furan rings is 1. The molecular weight excluding hydrogens is 899 g/mol. The molecule has 0 radical (unpaired) electrons. The molecule has 0 aliphatic heterocycles. The Morgan fingerprint density at radius 1 is 0.333 bits per heavy atom. The predicted molar refractivity (Wildman–Crippen MR) is 300 cm³/mol. The molecule has 0 saturated heterocycles. The number of nitrogens with zero attached hydrogens (tertiary/aromatic N) is 5. The van der Waals surface area contributed by atoms with Gasteiger partial charge >= 0.3 is 0 Å². The van der Waals surface area contributed by atoms with Gasteiger partial charge in [0.25, 0.3) is 0 Å². The second-order valence-electron chi connectivity index (χ2n) is 18.7. The van der Waals surface area contributed by atoms with Gasteiger partial charge in [0.1, 0.15) is 11.2 Å². The third kappa shape index (κ3) is 5.74. The van der Waals surface area contributed by atoms with E-state index in [0.29, 0.717) is 17.5 Å². The molecule has 0 atom stereocenters. The Morgan fingerprint density at radius 2 is 0.889 bits per heavy atom. The molecule has 16 aromatic rings. The molecule has 11 aromatic carbocycles. The number of hydrogen-bond acceptors (Lipinski definition) is 5. The molecule has 6 nitrogen and oxygen atoms in total. The fraction of sp³-hybridized carbons (Fsp3) is 0. The molecule has 0 aliphatic carbocycles. The molecule has 7 heteroatoms. The Balaban J connectivity index is 1.05. The summed E-state index contributed by atoms with van der Waals surface area (Å²) in [5, 5.41) is 13.6. The molecule has 334 valence electrons. The highest BCUT2D eigenvalue weighted by molar-refractivity contribution is 7.26. The first-order chi connectivity index (χ1) is 35.7. The summed E-state index contributed by atoms with van der Waals surface area (Å²) in [5.74, 6) is 1.74. The highest BCUT2D eigenvalue weighted by Crippen LogP contribution is 2.45. The lowest BCUT2D eigenvalue weighted by molar-refractivity contribution is 0.669. The van der Waals surface area contributed by atoms with E-state index in [9.17, 15) is 0 Å². The van der Waals surface area contributed by atoms with Crippen molar-refractivity contribution in [2.45, 2.75) is 0 Å². The van der Waals surface area contributed by atoms with Gasteiger partial charge in [-0.3, -0.25) is 0 Å². The minimum Gasteiger partial charge on any atom is -0.456 e. The summed E-state index contributed by atoms with van der Waals surface area (Å²) in [5.41, 5.74) is 10.6. The van der Waals surface area contributed by atoms with Crippen molar-refractivity contribution in [3.8, 4) is 45.5 Å². The summed E-state index contributed by atoms with van der Waals surface area (Å²) in [4.78, 5) is 16.9. The number of hydrogen-bond donors (Lipinski definition) is 0. The van der Waals surface area contributed by atoms with E-state index in [0.717, 1.165) is 98.3 Å². The van der Waals surface area contributed by atoms with Gasteiger partial charge < -0.3 is 13.6 Å². The van der Waals surface area contributed by atoms with Gasteiger partial charge in [-0.25, -0.2) is 15.0 Å². The summed E-state index contributed by atoms with van der Waals surface area (Å²) in [6, 6.07) is 80.2. The van der Waals surface area contributed by atoms with Crippen molar-refractivity contribution in [2.24, 2.45) is 0 Å². The van der Waals surface area contributed by atoms with Gasteiger partial charge in [0, 0.05) is 80.9 Å². The Labute approximate surface area is 414 Å². The standard InChI is InChI=1S/C65H37N5OS/c1-2-20-42(21-3-1)70-55-30-12-8-22-44(55)47-25-14-27-49(61(47)70)63-66-64(50-28-15-26-48-46-24-10-13-31-59(46)72-62(48)50)68-65(67-63)53-36-43(37-58-60(53)52-33-39-17-5-7-19-41(39)35-57(52)71-58)69-54-29-11-9-23-45(54)51-32-38-16-4-6-18-40(38)34-56(51)69/h1-37H. The van der Waals surface area contributed by atoms with Crippen LogP contribution in [-0.4, -0.2) is 24.1 Å². The first kappa shape index (κ1) is 39.4. The zero-order valence-corrected chi connectivity index (χ0v) is 39.2. The average molecular weight is 936 g/mol. The van der Waals surface area contributed by atoms with E-state index in [1.54, 1.807) is 11.3 Å². The van der Waals surface area contributed by atoms with Crippen LogP contribution < -0.4 is 0 Å². The Bertz CT molecular complexity index is 4940. The zero-order valence-electron chi connectivity index (χ0n) is 38.4. The first-order valence-electron chi connectivity index (χ1n) is 24.2. The summed E-state index contributed by atoms with van der Waals surface area (Å²) in [6.45, 7) is 0. The lowest BCUT2D eigenvalue weighted by atomic mass is 10.0. The van der Waals surface area contributed by atoms with Crippen LogP contribution in [0.2, 0.25) is 0 Å². The minimum absolute atomic E-state index is 0.557. The minimum atomic E-state index is 0.557. The topological polar surface area (TPSA) is 61.7 Å². The van der Waals surface area contributed by atoms with Crippen LogP contribution >= 0.6 is 11.3 Å². The van der Waals surface area contributed by atoms with Crippen molar-refractivity contribution < 1.29 is 4.42 Å². The molecule has 16 rings (SSSR count). The van der Waals surface area contributed by atoms with E-state index in [4.69, 9.17) is 19.4 Å². The fourth-order valence-electron chi connectivity index (χ4n) is 11.5. The van der Waals surface area contributed by atoms with Crippen LogP contribution in [-0.2, 0) is 0 Å². The molecular formula is C65H37N5OS. The molecule has 0 N–H and O–H groups in total. The summed E-state index contributed by atoms with van der Waals surface area (Å²) >= 11 is 1.78. The summed E-state index contributed by atoms with van der Waals surface area (Å²) in [7, 11) is 0. The van der Waals surface area contributed by atoms with Crippen LogP contribution in [0.5, 0.6) is 0 Å². The molecule has 0 aliphatic rings. The van der Waals surface area contributed by atoms with Crippen LogP contribution in [0.15, 0.2) is 229 Å². The maximum Gasteiger partial charge on any atom is 0.166 e. The lowest BCUT2D eigenvalue weighted by Gasteiger charge is -2.14. The zero-order chi connectivity index (χ0) is 47.0. The first-order valence-corrected chi connectivity index (χ1v) is 25.1. The molecule has 0 saturated carbocycles. The van der Waals surface area contributed by atoms with E-state index in [1.165, 1.54) is 37.0 Å². The summed E-state index contributed by atoms with van der Waals surface area (Å²) in [6.07, 6.45) is 0. The molecule has 72 heavy (non-hydrogen) atoms. The van der Waals surface area contributed by atoms with Crippen LogP contribution in [0.4, 0.5) is 0 Å². The highest BCUT2D eigenvalue weighted by atomic mass is 32.1. The van der Waals surface area contributed by atoms with Crippen LogP contribution in [0.3, 0.4) is 0 Å². The van der Waals surface area contributed by atoms with E-state index < -0.39 is 0 Å². The second-order valence-corrected chi connectivity index (χ2v) is 19.8. The molecule has 0 fully saturated rings. The third-order valence-corrected chi connectivity index (χ3v) is 15.9. The molecule has 0 spiro atoms.